The summed E-state index contributed by atoms with van der Waals surface area (Å²) in [5.74, 6) is 0. The Bertz CT molecular complexity index is 191. The van der Waals surface area contributed by atoms with E-state index in [1.165, 1.54) is 0 Å². The van der Waals surface area contributed by atoms with Gasteiger partial charge in [-0.3, -0.25) is 0 Å². The highest BCUT2D eigenvalue weighted by Gasteiger charge is 1.97. The second-order valence-corrected chi connectivity index (χ2v) is 3.45. The Morgan fingerprint density at radius 3 is 3.00 bits per heavy atom. The first-order valence-electron chi connectivity index (χ1n) is 3.08. The zero-order valence-electron chi connectivity index (χ0n) is 5.75. The number of thioether (sulfide) groups is 1. The van der Waals surface area contributed by atoms with E-state index in [1.54, 1.807) is 11.8 Å². The molecule has 10 heavy (non-hydrogen) atoms. The van der Waals surface area contributed by atoms with Crippen molar-refractivity contribution < 1.29 is 0 Å². The molecule has 54 valence electrons. The van der Waals surface area contributed by atoms with Gasteiger partial charge in [-0.15, -0.1) is 0 Å². The molecule has 0 heterocycles. The summed E-state index contributed by atoms with van der Waals surface area (Å²) >= 11 is 7.55. The topological polar surface area (TPSA) is 0 Å². The lowest BCUT2D eigenvalue weighted by atomic mass is 10.4. The summed E-state index contributed by atoms with van der Waals surface area (Å²) < 4.78 is 0. The Hall–Kier alpha value is -0.140. The van der Waals surface area contributed by atoms with E-state index in [1.807, 2.05) is 18.2 Å². The van der Waals surface area contributed by atoms with Crippen LogP contribution in [0.3, 0.4) is 0 Å². The number of halogens is 1. The van der Waals surface area contributed by atoms with Gasteiger partial charge in [0, 0.05) is 10.3 Å². The molecular formula is C8H9ClS. The molecule has 1 unspecified atom stereocenters. The normalized spacial score (nSPS) is 24.2. The Kier molecular flexibility index (Phi) is 3.10. The zero-order chi connectivity index (χ0) is 7.40. The van der Waals surface area contributed by atoms with Crippen LogP contribution in [-0.4, -0.2) is 11.5 Å². The number of hydrogen-bond acceptors (Lipinski definition) is 1. The van der Waals surface area contributed by atoms with Crippen LogP contribution in [0.5, 0.6) is 0 Å². The van der Waals surface area contributed by atoms with Crippen molar-refractivity contribution >= 4 is 23.4 Å². The SMILES string of the molecule is CSC1C=CC=C(Cl)C=C1. The molecule has 0 spiro atoms. The molecule has 0 N–H and O–H groups in total. The lowest BCUT2D eigenvalue weighted by molar-refractivity contribution is 1.43. The largest absolute Gasteiger partial charge is 0.154 e. The fourth-order valence-electron chi connectivity index (χ4n) is 0.721. The molecule has 0 saturated carbocycles. The highest BCUT2D eigenvalue weighted by Crippen LogP contribution is 2.15. The van der Waals surface area contributed by atoms with Crippen LogP contribution in [0, 0.1) is 0 Å². The summed E-state index contributed by atoms with van der Waals surface area (Å²) in [5, 5.41) is 1.28. The summed E-state index contributed by atoms with van der Waals surface area (Å²) in [5.41, 5.74) is 0. The van der Waals surface area contributed by atoms with Crippen LogP contribution in [0.4, 0.5) is 0 Å². The lowest BCUT2D eigenvalue weighted by Crippen LogP contribution is -1.88. The van der Waals surface area contributed by atoms with Crippen LogP contribution in [0.25, 0.3) is 0 Å². The minimum Gasteiger partial charge on any atom is -0.154 e. The van der Waals surface area contributed by atoms with Crippen molar-refractivity contribution in [3.63, 3.8) is 0 Å². The minimum absolute atomic E-state index is 0.479. The molecule has 1 aliphatic carbocycles. The number of allylic oxidation sites excluding steroid dienone is 4. The van der Waals surface area contributed by atoms with Gasteiger partial charge in [0.2, 0.25) is 0 Å². The average molecular weight is 173 g/mol. The molecule has 0 radical (unpaired) electrons. The second-order valence-electron chi connectivity index (χ2n) is 2.00. The van der Waals surface area contributed by atoms with Crippen LogP contribution < -0.4 is 0 Å². The molecule has 1 atom stereocenters. The average Bonchev–Trinajstić information content (AvgIpc) is 2.14. The van der Waals surface area contributed by atoms with Crippen molar-refractivity contribution in [1.82, 2.24) is 0 Å². The molecule has 0 nitrogen and oxygen atoms in total. The van der Waals surface area contributed by atoms with Crippen molar-refractivity contribution in [3.05, 3.63) is 35.4 Å². The van der Waals surface area contributed by atoms with Crippen LogP contribution in [-0.2, 0) is 0 Å². The first kappa shape index (κ1) is 7.96. The Morgan fingerprint density at radius 2 is 2.30 bits per heavy atom. The molecule has 0 fully saturated rings. The standard InChI is InChI=1S/C8H9ClS/c1-10-8-4-2-3-7(9)5-6-8/h2-6,8H,1H3. The van der Waals surface area contributed by atoms with Gasteiger partial charge in [-0.05, 0) is 18.4 Å². The van der Waals surface area contributed by atoms with E-state index in [9.17, 15) is 0 Å². The maximum Gasteiger partial charge on any atom is 0.0411 e. The van der Waals surface area contributed by atoms with Gasteiger partial charge in [0.15, 0.2) is 0 Å². The van der Waals surface area contributed by atoms with E-state index >= 15 is 0 Å². The fraction of sp³-hybridized carbons (Fsp3) is 0.250. The van der Waals surface area contributed by atoms with Gasteiger partial charge in [0.05, 0.1) is 0 Å². The highest BCUT2D eigenvalue weighted by molar-refractivity contribution is 7.99. The van der Waals surface area contributed by atoms with Crippen molar-refractivity contribution in [3.8, 4) is 0 Å². The Labute approximate surface area is 70.6 Å². The summed E-state index contributed by atoms with van der Waals surface area (Å²) in [7, 11) is 0. The van der Waals surface area contributed by atoms with Gasteiger partial charge in [0.25, 0.3) is 0 Å². The first-order valence-corrected chi connectivity index (χ1v) is 4.74. The Morgan fingerprint density at radius 1 is 1.50 bits per heavy atom. The van der Waals surface area contributed by atoms with Crippen LogP contribution in [0.1, 0.15) is 0 Å². The van der Waals surface area contributed by atoms with E-state index in [0.29, 0.717) is 5.25 Å². The second kappa shape index (κ2) is 3.89. The van der Waals surface area contributed by atoms with E-state index in [-0.39, 0.29) is 0 Å². The van der Waals surface area contributed by atoms with Gasteiger partial charge in [-0.1, -0.05) is 29.8 Å². The quantitative estimate of drug-likeness (QED) is 0.586. The molecule has 0 amide bonds. The molecule has 1 aliphatic rings. The first-order chi connectivity index (χ1) is 4.83. The van der Waals surface area contributed by atoms with Gasteiger partial charge in [-0.2, -0.15) is 11.8 Å². The highest BCUT2D eigenvalue weighted by atomic mass is 35.5. The fourth-order valence-corrected chi connectivity index (χ4v) is 1.35. The van der Waals surface area contributed by atoms with Crippen LogP contribution in [0.2, 0.25) is 0 Å². The maximum absolute atomic E-state index is 5.76. The zero-order valence-corrected chi connectivity index (χ0v) is 7.32. The molecule has 0 saturated heterocycles. The van der Waals surface area contributed by atoms with Crippen LogP contribution in [0.15, 0.2) is 35.4 Å². The van der Waals surface area contributed by atoms with Gasteiger partial charge in [-0.25, -0.2) is 0 Å². The third-order valence-electron chi connectivity index (χ3n) is 1.27. The third-order valence-corrected chi connectivity index (χ3v) is 2.38. The van der Waals surface area contributed by atoms with Gasteiger partial charge >= 0.3 is 0 Å². The predicted octanol–water partition coefficient (Wildman–Crippen LogP) is 2.97. The smallest absolute Gasteiger partial charge is 0.0411 e. The van der Waals surface area contributed by atoms with Crippen molar-refractivity contribution in [2.75, 3.05) is 6.26 Å². The lowest BCUT2D eigenvalue weighted by Gasteiger charge is -1.98. The van der Waals surface area contributed by atoms with Crippen molar-refractivity contribution in [2.45, 2.75) is 5.25 Å². The van der Waals surface area contributed by atoms with Gasteiger partial charge < -0.3 is 0 Å². The summed E-state index contributed by atoms with van der Waals surface area (Å²) in [4.78, 5) is 0. The molecule has 0 bridgehead atoms. The van der Waals surface area contributed by atoms with Gasteiger partial charge in [0.1, 0.15) is 0 Å². The number of hydrogen-bond donors (Lipinski definition) is 0. The Balaban J connectivity index is 2.68. The van der Waals surface area contributed by atoms with E-state index in [0.717, 1.165) is 5.03 Å². The molecule has 2 heteroatoms. The molecule has 0 aliphatic heterocycles. The minimum atomic E-state index is 0.479. The van der Waals surface area contributed by atoms with E-state index in [2.05, 4.69) is 18.4 Å². The molecule has 0 aromatic carbocycles. The monoisotopic (exact) mass is 172 g/mol. The molecule has 0 aromatic rings. The van der Waals surface area contributed by atoms with Crippen molar-refractivity contribution in [2.24, 2.45) is 0 Å². The summed E-state index contributed by atoms with van der Waals surface area (Å²) in [6.07, 6.45) is 12.1. The summed E-state index contributed by atoms with van der Waals surface area (Å²) in [6, 6.07) is 0. The van der Waals surface area contributed by atoms with Crippen LogP contribution >= 0.6 is 23.4 Å². The molecule has 1 rings (SSSR count). The third kappa shape index (κ3) is 2.24. The summed E-state index contributed by atoms with van der Waals surface area (Å²) in [6.45, 7) is 0. The van der Waals surface area contributed by atoms with Crippen molar-refractivity contribution in [1.29, 1.82) is 0 Å². The predicted molar refractivity (Wildman–Crippen MR) is 49.5 cm³/mol. The van der Waals surface area contributed by atoms with E-state index < -0.39 is 0 Å². The maximum atomic E-state index is 5.76. The number of rotatable bonds is 1. The molecular weight excluding hydrogens is 164 g/mol. The van der Waals surface area contributed by atoms with E-state index in [4.69, 9.17) is 11.6 Å². The molecule has 0 aromatic heterocycles.